The second-order valence-corrected chi connectivity index (χ2v) is 4.21. The molecular weight excluding hydrogens is 252 g/mol. The van der Waals surface area contributed by atoms with Gasteiger partial charge in [0.15, 0.2) is 17.4 Å². The Labute approximate surface area is 101 Å². The number of methoxy groups -OCH3 is 1. The third-order valence-corrected chi connectivity index (χ3v) is 3.08. The minimum absolute atomic E-state index is 0.0732. The van der Waals surface area contributed by atoms with E-state index in [1.54, 1.807) is 0 Å². The van der Waals surface area contributed by atoms with Gasteiger partial charge >= 0.3 is 0 Å². The number of hydrogen-bond donors (Lipinski definition) is 0. The lowest BCUT2D eigenvalue weighted by Crippen LogP contribution is -2.08. The summed E-state index contributed by atoms with van der Waals surface area (Å²) in [5, 5.41) is -0.259. The van der Waals surface area contributed by atoms with Crippen molar-refractivity contribution in [2.24, 2.45) is 4.99 Å². The summed E-state index contributed by atoms with van der Waals surface area (Å²) in [7, 11) is 1.14. The first kappa shape index (κ1) is 12.0. The maximum atomic E-state index is 14.0. The first-order valence-electron chi connectivity index (χ1n) is 4.87. The molecule has 6 heteroatoms. The van der Waals surface area contributed by atoms with Crippen LogP contribution in [0.4, 0.5) is 8.78 Å². The van der Waals surface area contributed by atoms with Crippen molar-refractivity contribution in [3.05, 3.63) is 28.3 Å². The molecule has 0 N–H and O–H groups in total. The molecule has 0 aromatic heterocycles. The minimum atomic E-state index is -0.957. The highest BCUT2D eigenvalue weighted by Crippen LogP contribution is 2.52. The third-order valence-electron chi connectivity index (χ3n) is 2.80. The number of benzene rings is 1. The topological polar surface area (TPSA) is 38.7 Å². The molecule has 1 saturated carbocycles. The maximum Gasteiger partial charge on any atom is 0.235 e. The summed E-state index contributed by atoms with van der Waals surface area (Å²) in [4.78, 5) is 13.9. The fraction of sp³-hybridized carbons (Fsp3) is 0.364. The van der Waals surface area contributed by atoms with Gasteiger partial charge in [-0.1, -0.05) is 11.6 Å². The second-order valence-electron chi connectivity index (χ2n) is 3.80. The van der Waals surface area contributed by atoms with Gasteiger partial charge in [0.25, 0.3) is 0 Å². The lowest BCUT2D eigenvalue weighted by molar-refractivity contribution is 0.355. The van der Waals surface area contributed by atoms with Gasteiger partial charge in [-0.3, -0.25) is 0 Å². The van der Waals surface area contributed by atoms with Crippen LogP contribution in [0.15, 0.2) is 11.1 Å². The molecule has 3 nitrogen and oxygen atoms in total. The summed E-state index contributed by atoms with van der Waals surface area (Å²) in [6, 6.07) is 1.14. The van der Waals surface area contributed by atoms with Crippen molar-refractivity contribution in [1.29, 1.82) is 0 Å². The van der Waals surface area contributed by atoms with E-state index in [2.05, 4.69) is 9.73 Å². The predicted octanol–water partition coefficient (Wildman–Crippen LogP) is 2.95. The van der Waals surface area contributed by atoms with Crippen LogP contribution in [-0.4, -0.2) is 13.2 Å². The number of halogens is 3. The van der Waals surface area contributed by atoms with Gasteiger partial charge in [0, 0.05) is 5.56 Å². The summed E-state index contributed by atoms with van der Waals surface area (Å²) in [5.41, 5.74) is -0.875. The van der Waals surface area contributed by atoms with Crippen LogP contribution in [0.25, 0.3) is 0 Å². The molecule has 0 amide bonds. The van der Waals surface area contributed by atoms with Gasteiger partial charge in [0.2, 0.25) is 6.08 Å². The van der Waals surface area contributed by atoms with E-state index >= 15 is 0 Å². The number of isocyanates is 1. The normalized spacial score (nSPS) is 16.2. The maximum absolute atomic E-state index is 14.0. The van der Waals surface area contributed by atoms with Gasteiger partial charge in [-0.05, 0) is 18.9 Å². The first-order chi connectivity index (χ1) is 8.05. The molecule has 1 aromatic rings. The van der Waals surface area contributed by atoms with Crippen molar-refractivity contribution in [3.63, 3.8) is 0 Å². The van der Waals surface area contributed by atoms with E-state index in [1.807, 2.05) is 0 Å². The zero-order valence-corrected chi connectivity index (χ0v) is 9.65. The number of nitrogens with zero attached hydrogens (tertiary/aromatic N) is 1. The highest BCUT2D eigenvalue weighted by Gasteiger charge is 2.48. The molecule has 0 bridgehead atoms. The zero-order valence-electron chi connectivity index (χ0n) is 8.89. The Hall–Kier alpha value is -1.45. The van der Waals surface area contributed by atoms with E-state index in [-0.39, 0.29) is 10.6 Å². The lowest BCUT2D eigenvalue weighted by Gasteiger charge is -2.13. The average molecular weight is 260 g/mol. The van der Waals surface area contributed by atoms with E-state index in [0.717, 1.165) is 13.2 Å². The van der Waals surface area contributed by atoms with Gasteiger partial charge in [0.1, 0.15) is 5.54 Å². The highest BCUT2D eigenvalue weighted by atomic mass is 35.5. The molecule has 0 saturated heterocycles. The molecule has 0 aliphatic heterocycles. The lowest BCUT2D eigenvalue weighted by atomic mass is 10.0. The Kier molecular flexibility index (Phi) is 2.89. The molecule has 17 heavy (non-hydrogen) atoms. The van der Waals surface area contributed by atoms with Crippen LogP contribution in [0.1, 0.15) is 18.4 Å². The highest BCUT2D eigenvalue weighted by molar-refractivity contribution is 6.31. The van der Waals surface area contributed by atoms with Crippen LogP contribution in [-0.2, 0) is 10.3 Å². The molecule has 1 fully saturated rings. The molecule has 0 spiro atoms. The second kappa shape index (κ2) is 4.09. The third kappa shape index (κ3) is 1.81. The standard InChI is InChI=1S/C11H8ClF2NO2/c1-17-10-8(13)6(4-7(12)9(10)14)11(2-3-11)15-5-16/h4H,2-3H2,1H3. The first-order valence-corrected chi connectivity index (χ1v) is 5.24. The summed E-state index contributed by atoms with van der Waals surface area (Å²) >= 11 is 5.64. The Balaban J connectivity index is 2.64. The van der Waals surface area contributed by atoms with Gasteiger partial charge < -0.3 is 4.74 Å². The van der Waals surface area contributed by atoms with Crippen molar-refractivity contribution in [2.75, 3.05) is 7.11 Å². The molecule has 1 aliphatic carbocycles. The van der Waals surface area contributed by atoms with Crippen molar-refractivity contribution < 1.29 is 18.3 Å². The minimum Gasteiger partial charge on any atom is -0.491 e. The largest absolute Gasteiger partial charge is 0.491 e. The van der Waals surface area contributed by atoms with Crippen LogP contribution in [0, 0.1) is 11.6 Å². The van der Waals surface area contributed by atoms with Gasteiger partial charge in [-0.2, -0.15) is 4.99 Å². The summed E-state index contributed by atoms with van der Waals surface area (Å²) in [6.45, 7) is 0. The molecule has 1 aromatic carbocycles. The summed E-state index contributed by atoms with van der Waals surface area (Å²) in [6.07, 6.45) is 2.41. The number of ether oxygens (including phenoxy) is 1. The van der Waals surface area contributed by atoms with E-state index < -0.39 is 22.9 Å². The Morgan fingerprint density at radius 2 is 2.12 bits per heavy atom. The Morgan fingerprint density at radius 1 is 1.47 bits per heavy atom. The molecule has 0 heterocycles. The summed E-state index contributed by atoms with van der Waals surface area (Å²) < 4.78 is 32.0. The monoisotopic (exact) mass is 259 g/mol. The predicted molar refractivity (Wildman–Crippen MR) is 57.0 cm³/mol. The Bertz CT molecular complexity index is 523. The van der Waals surface area contributed by atoms with Crippen LogP contribution in [0.3, 0.4) is 0 Å². The number of hydrogen-bond acceptors (Lipinski definition) is 3. The SMILES string of the molecule is COc1c(F)c(Cl)cc(C2(N=C=O)CC2)c1F. The smallest absolute Gasteiger partial charge is 0.235 e. The van der Waals surface area contributed by atoms with Crippen LogP contribution < -0.4 is 4.74 Å². The van der Waals surface area contributed by atoms with E-state index in [0.29, 0.717) is 12.8 Å². The average Bonchev–Trinajstić information content (AvgIpc) is 3.06. The molecular formula is C11H8ClF2NO2. The molecule has 90 valence electrons. The van der Waals surface area contributed by atoms with Gasteiger partial charge in [-0.25, -0.2) is 13.6 Å². The Morgan fingerprint density at radius 3 is 2.59 bits per heavy atom. The number of carbonyl (C=O) groups excluding carboxylic acids is 1. The van der Waals surface area contributed by atoms with E-state index in [4.69, 9.17) is 11.6 Å². The fourth-order valence-corrected chi connectivity index (χ4v) is 1.94. The van der Waals surface area contributed by atoms with E-state index in [1.165, 1.54) is 6.08 Å². The number of rotatable bonds is 3. The molecule has 1 aliphatic rings. The van der Waals surface area contributed by atoms with Crippen LogP contribution in [0.5, 0.6) is 5.75 Å². The van der Waals surface area contributed by atoms with Crippen molar-refractivity contribution in [2.45, 2.75) is 18.4 Å². The molecule has 0 radical (unpaired) electrons. The van der Waals surface area contributed by atoms with Crippen LogP contribution >= 0.6 is 11.6 Å². The fourth-order valence-electron chi connectivity index (χ4n) is 1.75. The molecule has 2 rings (SSSR count). The van der Waals surface area contributed by atoms with Crippen molar-refractivity contribution in [3.8, 4) is 5.75 Å². The molecule has 0 unspecified atom stereocenters. The molecule has 0 atom stereocenters. The van der Waals surface area contributed by atoms with Crippen molar-refractivity contribution in [1.82, 2.24) is 0 Å². The van der Waals surface area contributed by atoms with Crippen molar-refractivity contribution >= 4 is 17.7 Å². The number of aliphatic imine (C=N–C) groups is 1. The summed E-state index contributed by atoms with van der Waals surface area (Å²) in [5.74, 6) is -2.38. The zero-order chi connectivity index (χ0) is 12.6. The van der Waals surface area contributed by atoms with Gasteiger partial charge in [0.05, 0.1) is 12.1 Å². The van der Waals surface area contributed by atoms with E-state index in [9.17, 15) is 13.6 Å². The van der Waals surface area contributed by atoms with Gasteiger partial charge in [-0.15, -0.1) is 0 Å². The van der Waals surface area contributed by atoms with Crippen LogP contribution in [0.2, 0.25) is 5.02 Å². The quantitative estimate of drug-likeness (QED) is 0.476.